The van der Waals surface area contributed by atoms with Crippen LogP contribution < -0.4 is 14.9 Å². The number of nitrogens with one attached hydrogen (secondary N) is 2. The lowest BCUT2D eigenvalue weighted by molar-refractivity contribution is -0.122. The summed E-state index contributed by atoms with van der Waals surface area (Å²) in [5.74, 6) is 0.633. The first-order chi connectivity index (χ1) is 11.4. The van der Waals surface area contributed by atoms with Crippen LogP contribution >= 0.6 is 0 Å². The maximum absolute atomic E-state index is 12.0. The summed E-state index contributed by atoms with van der Waals surface area (Å²) in [4.78, 5) is 18.7. The Hall–Kier alpha value is -1.67. The van der Waals surface area contributed by atoms with E-state index < -0.39 is 16.1 Å². The van der Waals surface area contributed by atoms with Gasteiger partial charge in [0.25, 0.3) is 0 Å². The first-order valence-electron chi connectivity index (χ1n) is 8.39. The SMILES string of the molecule is CCCS(=O)(=O)N[C@H](C)C(=O)NCc1ccc(N2CCCC2)nc1. The highest BCUT2D eigenvalue weighted by Crippen LogP contribution is 2.17. The van der Waals surface area contributed by atoms with E-state index in [1.54, 1.807) is 13.1 Å². The highest BCUT2D eigenvalue weighted by Gasteiger charge is 2.19. The van der Waals surface area contributed by atoms with Crippen LogP contribution in [0.5, 0.6) is 0 Å². The third-order valence-corrected chi connectivity index (χ3v) is 5.59. The number of carbonyl (C=O) groups excluding carboxylic acids is 1. The summed E-state index contributed by atoms with van der Waals surface area (Å²) < 4.78 is 25.7. The van der Waals surface area contributed by atoms with Gasteiger partial charge < -0.3 is 10.2 Å². The van der Waals surface area contributed by atoms with E-state index in [2.05, 4.69) is 19.9 Å². The van der Waals surface area contributed by atoms with Crippen LogP contribution in [-0.2, 0) is 21.4 Å². The van der Waals surface area contributed by atoms with Crippen LogP contribution in [0.25, 0.3) is 0 Å². The summed E-state index contributed by atoms with van der Waals surface area (Å²) in [6, 6.07) is 3.10. The molecule has 1 amide bonds. The maximum atomic E-state index is 12.0. The molecule has 0 saturated carbocycles. The average molecular weight is 354 g/mol. The Kier molecular flexibility index (Phi) is 6.56. The highest BCUT2D eigenvalue weighted by atomic mass is 32.2. The largest absolute Gasteiger partial charge is 0.357 e. The molecule has 1 saturated heterocycles. The molecule has 0 radical (unpaired) electrons. The zero-order valence-electron chi connectivity index (χ0n) is 14.3. The molecule has 134 valence electrons. The Bertz CT molecular complexity index is 640. The molecule has 1 aliphatic rings. The standard InChI is InChI=1S/C16H26N4O3S/c1-3-10-24(22,23)19-13(2)16(21)18-12-14-6-7-15(17-11-14)20-8-4-5-9-20/h6-7,11,13,19H,3-5,8-10,12H2,1-2H3,(H,18,21)/t13-/m1/s1. The van der Waals surface area contributed by atoms with Gasteiger partial charge in [0.15, 0.2) is 0 Å². The lowest BCUT2D eigenvalue weighted by Gasteiger charge is -2.17. The van der Waals surface area contributed by atoms with Gasteiger partial charge in [-0.25, -0.2) is 18.1 Å². The molecular formula is C16H26N4O3S. The van der Waals surface area contributed by atoms with Gasteiger partial charge in [0.1, 0.15) is 5.82 Å². The van der Waals surface area contributed by atoms with E-state index in [-0.39, 0.29) is 11.7 Å². The molecular weight excluding hydrogens is 328 g/mol. The Morgan fingerprint density at radius 3 is 2.62 bits per heavy atom. The molecule has 0 spiro atoms. The number of aromatic nitrogens is 1. The van der Waals surface area contributed by atoms with Crippen molar-refractivity contribution in [2.45, 2.75) is 45.7 Å². The molecule has 24 heavy (non-hydrogen) atoms. The summed E-state index contributed by atoms with van der Waals surface area (Å²) in [5.41, 5.74) is 0.884. The molecule has 2 rings (SSSR count). The molecule has 8 heteroatoms. The quantitative estimate of drug-likeness (QED) is 0.727. The number of nitrogens with zero attached hydrogens (tertiary/aromatic N) is 2. The van der Waals surface area contributed by atoms with Crippen LogP contribution in [0.1, 0.15) is 38.7 Å². The third kappa shape index (κ3) is 5.45. The average Bonchev–Trinajstić information content (AvgIpc) is 3.07. The number of carbonyl (C=O) groups is 1. The van der Waals surface area contributed by atoms with E-state index >= 15 is 0 Å². The van der Waals surface area contributed by atoms with Crippen LogP contribution in [-0.4, -0.2) is 44.2 Å². The molecule has 1 aliphatic heterocycles. The molecule has 1 atom stereocenters. The van der Waals surface area contributed by atoms with Crippen LogP contribution in [0, 0.1) is 0 Å². The van der Waals surface area contributed by atoms with Crippen LogP contribution in [0.4, 0.5) is 5.82 Å². The van der Waals surface area contributed by atoms with Crippen molar-refractivity contribution in [3.8, 4) is 0 Å². The molecule has 0 aliphatic carbocycles. The van der Waals surface area contributed by atoms with Crippen LogP contribution in [0.3, 0.4) is 0 Å². The second-order valence-electron chi connectivity index (χ2n) is 6.10. The Balaban J connectivity index is 1.82. The highest BCUT2D eigenvalue weighted by molar-refractivity contribution is 7.89. The van der Waals surface area contributed by atoms with Gasteiger partial charge in [-0.05, 0) is 37.8 Å². The van der Waals surface area contributed by atoms with E-state index in [0.29, 0.717) is 13.0 Å². The van der Waals surface area contributed by atoms with Gasteiger partial charge in [0.2, 0.25) is 15.9 Å². The normalized spacial score (nSPS) is 16.2. The topological polar surface area (TPSA) is 91.4 Å². The Morgan fingerprint density at radius 1 is 1.33 bits per heavy atom. The number of hydrogen-bond acceptors (Lipinski definition) is 5. The zero-order valence-corrected chi connectivity index (χ0v) is 15.1. The van der Waals surface area contributed by atoms with Crippen molar-refractivity contribution < 1.29 is 13.2 Å². The summed E-state index contributed by atoms with van der Waals surface area (Å²) in [5, 5.41) is 2.73. The van der Waals surface area contributed by atoms with Crippen molar-refractivity contribution in [3.63, 3.8) is 0 Å². The molecule has 7 nitrogen and oxygen atoms in total. The minimum Gasteiger partial charge on any atom is -0.357 e. The van der Waals surface area contributed by atoms with Gasteiger partial charge in [-0.3, -0.25) is 4.79 Å². The fourth-order valence-electron chi connectivity index (χ4n) is 2.65. The van der Waals surface area contributed by atoms with Gasteiger partial charge >= 0.3 is 0 Å². The van der Waals surface area contributed by atoms with E-state index in [1.807, 2.05) is 12.1 Å². The Morgan fingerprint density at radius 2 is 2.04 bits per heavy atom. The summed E-state index contributed by atoms with van der Waals surface area (Å²) in [6.45, 7) is 5.73. The van der Waals surface area contributed by atoms with E-state index in [9.17, 15) is 13.2 Å². The second kappa shape index (κ2) is 8.43. The summed E-state index contributed by atoms with van der Waals surface area (Å²) in [6.07, 6.45) is 4.66. The lowest BCUT2D eigenvalue weighted by atomic mass is 10.2. The van der Waals surface area contributed by atoms with Gasteiger partial charge in [-0.2, -0.15) is 0 Å². The van der Waals surface area contributed by atoms with Crippen molar-refractivity contribution in [3.05, 3.63) is 23.9 Å². The molecule has 2 N–H and O–H groups in total. The van der Waals surface area contributed by atoms with Crippen molar-refractivity contribution in [2.24, 2.45) is 0 Å². The van der Waals surface area contributed by atoms with Gasteiger partial charge in [0.05, 0.1) is 11.8 Å². The number of sulfonamides is 1. The monoisotopic (exact) mass is 354 g/mol. The number of anilines is 1. The number of hydrogen-bond donors (Lipinski definition) is 2. The van der Waals surface area contributed by atoms with Crippen molar-refractivity contribution in [2.75, 3.05) is 23.7 Å². The van der Waals surface area contributed by atoms with Gasteiger partial charge in [-0.1, -0.05) is 13.0 Å². The molecule has 1 aromatic heterocycles. The van der Waals surface area contributed by atoms with Crippen molar-refractivity contribution in [1.29, 1.82) is 0 Å². The predicted molar refractivity (Wildman–Crippen MR) is 94.2 cm³/mol. The zero-order chi connectivity index (χ0) is 17.6. The summed E-state index contributed by atoms with van der Waals surface area (Å²) in [7, 11) is -3.40. The fourth-order valence-corrected chi connectivity index (χ4v) is 3.95. The maximum Gasteiger partial charge on any atom is 0.238 e. The van der Waals surface area contributed by atoms with E-state index in [0.717, 1.165) is 24.5 Å². The number of rotatable bonds is 8. The second-order valence-corrected chi connectivity index (χ2v) is 7.97. The molecule has 0 unspecified atom stereocenters. The van der Waals surface area contributed by atoms with Crippen molar-refractivity contribution in [1.82, 2.24) is 15.0 Å². The fraction of sp³-hybridized carbons (Fsp3) is 0.625. The van der Waals surface area contributed by atoms with E-state index in [4.69, 9.17) is 0 Å². The molecule has 2 heterocycles. The van der Waals surface area contributed by atoms with Gasteiger partial charge in [0, 0.05) is 25.8 Å². The molecule has 1 aromatic rings. The number of pyridine rings is 1. The third-order valence-electron chi connectivity index (χ3n) is 3.93. The van der Waals surface area contributed by atoms with E-state index in [1.165, 1.54) is 19.8 Å². The van der Waals surface area contributed by atoms with Crippen molar-refractivity contribution >= 4 is 21.7 Å². The smallest absolute Gasteiger partial charge is 0.238 e. The first kappa shape index (κ1) is 18.7. The molecule has 1 fully saturated rings. The molecule has 0 bridgehead atoms. The predicted octanol–water partition coefficient (Wildman–Crippen LogP) is 1.02. The van der Waals surface area contributed by atoms with Crippen LogP contribution in [0.2, 0.25) is 0 Å². The van der Waals surface area contributed by atoms with Crippen LogP contribution in [0.15, 0.2) is 18.3 Å². The first-order valence-corrected chi connectivity index (χ1v) is 10.0. The number of amides is 1. The lowest BCUT2D eigenvalue weighted by Crippen LogP contribution is -2.45. The summed E-state index contributed by atoms with van der Waals surface area (Å²) >= 11 is 0. The Labute approximate surface area is 143 Å². The van der Waals surface area contributed by atoms with Gasteiger partial charge in [-0.15, -0.1) is 0 Å². The molecule has 0 aromatic carbocycles. The minimum absolute atomic E-state index is 0.0203. The minimum atomic E-state index is -3.40.